The van der Waals surface area contributed by atoms with Crippen LogP contribution in [-0.4, -0.2) is 26.2 Å². The summed E-state index contributed by atoms with van der Waals surface area (Å²) in [6.07, 6.45) is 0. The second-order valence-corrected chi connectivity index (χ2v) is 5.18. The Kier molecular flexibility index (Phi) is 5.99. The Bertz CT molecular complexity index is 728. The van der Waals surface area contributed by atoms with Gasteiger partial charge in [0.1, 0.15) is 17.6 Å². The highest BCUT2D eigenvalue weighted by atomic mass is 16.5. The maximum Gasteiger partial charge on any atom is 0.255 e. The van der Waals surface area contributed by atoms with E-state index in [-0.39, 0.29) is 17.7 Å². The average molecular weight is 328 g/mol. The molecule has 6 nitrogen and oxygen atoms in total. The minimum Gasteiger partial charge on any atom is -0.494 e. The van der Waals surface area contributed by atoms with Gasteiger partial charge in [0, 0.05) is 13.2 Å². The van der Waals surface area contributed by atoms with Crippen LogP contribution < -0.4 is 10.1 Å². The summed E-state index contributed by atoms with van der Waals surface area (Å²) in [6.45, 7) is 4.49. The molecule has 0 unspecified atom stereocenters. The van der Waals surface area contributed by atoms with Gasteiger partial charge in [-0.15, -0.1) is 0 Å². The van der Waals surface area contributed by atoms with E-state index in [9.17, 15) is 4.79 Å². The van der Waals surface area contributed by atoms with Crippen molar-refractivity contribution in [2.24, 2.45) is 0 Å². The molecule has 0 saturated carbocycles. The van der Waals surface area contributed by atoms with Crippen molar-refractivity contribution in [1.82, 2.24) is 5.32 Å². The topological polar surface area (TPSA) is 84.5 Å². The number of methoxy groups -OCH3 is 1. The summed E-state index contributed by atoms with van der Waals surface area (Å²) in [5.41, 5.74) is 1.24. The van der Waals surface area contributed by atoms with Crippen LogP contribution in [-0.2, 0) is 4.74 Å². The number of hydrogen-bond donors (Lipinski definition) is 1. The molecule has 0 saturated heterocycles. The van der Waals surface area contributed by atoms with Gasteiger partial charge in [0.25, 0.3) is 5.91 Å². The van der Waals surface area contributed by atoms with E-state index in [0.717, 1.165) is 11.3 Å². The average Bonchev–Trinajstić information content (AvgIpc) is 2.96. The quantitative estimate of drug-likeness (QED) is 0.844. The highest BCUT2D eigenvalue weighted by Crippen LogP contribution is 2.20. The van der Waals surface area contributed by atoms with Crippen molar-refractivity contribution in [1.29, 1.82) is 5.26 Å². The first-order valence-electron chi connectivity index (χ1n) is 7.62. The van der Waals surface area contributed by atoms with Crippen LogP contribution in [0.5, 0.6) is 5.75 Å². The first-order chi connectivity index (χ1) is 11.6. The van der Waals surface area contributed by atoms with Gasteiger partial charge in [0.05, 0.1) is 24.8 Å². The molecular weight excluding hydrogens is 308 g/mol. The molecule has 2 aromatic rings. The normalized spacial score (nSPS) is 11.6. The van der Waals surface area contributed by atoms with Gasteiger partial charge in [0.15, 0.2) is 0 Å². The van der Waals surface area contributed by atoms with Crippen molar-refractivity contribution in [3.63, 3.8) is 0 Å². The maximum atomic E-state index is 12.5. The number of hydrogen-bond acceptors (Lipinski definition) is 5. The van der Waals surface area contributed by atoms with Crippen LogP contribution >= 0.6 is 0 Å². The number of furan rings is 1. The van der Waals surface area contributed by atoms with Crippen molar-refractivity contribution < 1.29 is 18.7 Å². The standard InChI is InChI=1S/C18H20N2O4/c1-4-23-14-7-5-13(6-8-14)17(11-22-3)20-18(21)16-9-15(10-19)24-12(16)2/h5-9,17H,4,11H2,1-3H3,(H,20,21)/t17-/m1/s1. The molecule has 24 heavy (non-hydrogen) atoms. The lowest BCUT2D eigenvalue weighted by atomic mass is 10.1. The number of aryl methyl sites for hydroxylation is 1. The zero-order valence-electron chi connectivity index (χ0n) is 14.0. The molecule has 0 radical (unpaired) electrons. The minimum atomic E-state index is -0.321. The van der Waals surface area contributed by atoms with Crippen molar-refractivity contribution in [3.8, 4) is 11.8 Å². The van der Waals surface area contributed by atoms with Crippen LogP contribution in [0.4, 0.5) is 0 Å². The summed E-state index contributed by atoms with van der Waals surface area (Å²) >= 11 is 0. The lowest BCUT2D eigenvalue weighted by molar-refractivity contribution is 0.0895. The van der Waals surface area contributed by atoms with Gasteiger partial charge >= 0.3 is 0 Å². The number of carbonyl (C=O) groups excluding carboxylic acids is 1. The van der Waals surface area contributed by atoms with E-state index in [2.05, 4.69) is 5.32 Å². The van der Waals surface area contributed by atoms with Crippen molar-refractivity contribution in [2.45, 2.75) is 19.9 Å². The number of carbonyl (C=O) groups is 1. The van der Waals surface area contributed by atoms with E-state index >= 15 is 0 Å². The molecule has 126 valence electrons. The molecule has 1 atom stereocenters. The van der Waals surface area contributed by atoms with Crippen LogP contribution in [0.15, 0.2) is 34.7 Å². The van der Waals surface area contributed by atoms with E-state index in [4.69, 9.17) is 19.2 Å². The fourth-order valence-electron chi connectivity index (χ4n) is 2.35. The molecule has 6 heteroatoms. The second-order valence-electron chi connectivity index (χ2n) is 5.18. The van der Waals surface area contributed by atoms with E-state index in [1.165, 1.54) is 6.07 Å². The largest absolute Gasteiger partial charge is 0.494 e. The number of nitrogens with zero attached hydrogens (tertiary/aromatic N) is 1. The predicted octanol–water partition coefficient (Wildman–Crippen LogP) is 2.98. The van der Waals surface area contributed by atoms with Crippen molar-refractivity contribution in [3.05, 3.63) is 53.0 Å². The second kappa shape index (κ2) is 8.18. The molecular formula is C18H20N2O4. The third-order valence-electron chi connectivity index (χ3n) is 3.50. The van der Waals surface area contributed by atoms with Crippen LogP contribution in [0.1, 0.15) is 40.4 Å². The van der Waals surface area contributed by atoms with Gasteiger partial charge in [-0.05, 0) is 31.5 Å². The van der Waals surface area contributed by atoms with Gasteiger partial charge in [-0.3, -0.25) is 4.79 Å². The number of rotatable bonds is 7. The molecule has 1 heterocycles. The fraction of sp³-hybridized carbons (Fsp3) is 0.333. The van der Waals surface area contributed by atoms with E-state index < -0.39 is 0 Å². The summed E-state index contributed by atoms with van der Waals surface area (Å²) in [7, 11) is 1.57. The molecule has 0 bridgehead atoms. The number of benzene rings is 1. The minimum absolute atomic E-state index is 0.113. The van der Waals surface area contributed by atoms with Crippen LogP contribution in [0.3, 0.4) is 0 Å². The highest BCUT2D eigenvalue weighted by molar-refractivity contribution is 5.95. The van der Waals surface area contributed by atoms with E-state index in [0.29, 0.717) is 24.5 Å². The molecule has 0 spiro atoms. The SMILES string of the molecule is CCOc1ccc([C@@H](COC)NC(=O)c2cc(C#N)oc2C)cc1. The van der Waals surface area contributed by atoms with Crippen LogP contribution in [0.25, 0.3) is 0 Å². The maximum absolute atomic E-state index is 12.5. The number of nitriles is 1. The Morgan fingerprint density at radius 3 is 2.62 bits per heavy atom. The molecule has 0 fully saturated rings. The van der Waals surface area contributed by atoms with Crippen LogP contribution in [0.2, 0.25) is 0 Å². The number of amides is 1. The van der Waals surface area contributed by atoms with Crippen LogP contribution in [0, 0.1) is 18.3 Å². The molecule has 1 aromatic heterocycles. The van der Waals surface area contributed by atoms with Gasteiger partial charge < -0.3 is 19.2 Å². The van der Waals surface area contributed by atoms with Gasteiger partial charge in [-0.1, -0.05) is 12.1 Å². The zero-order chi connectivity index (χ0) is 17.5. The van der Waals surface area contributed by atoms with Crippen molar-refractivity contribution >= 4 is 5.91 Å². The van der Waals surface area contributed by atoms with E-state index in [1.807, 2.05) is 37.3 Å². The van der Waals surface area contributed by atoms with Gasteiger partial charge in [-0.2, -0.15) is 5.26 Å². The predicted molar refractivity (Wildman–Crippen MR) is 87.9 cm³/mol. The third kappa shape index (κ3) is 4.15. The summed E-state index contributed by atoms with van der Waals surface area (Å²) < 4.78 is 15.8. The first kappa shape index (κ1) is 17.6. The van der Waals surface area contributed by atoms with Crippen molar-refractivity contribution in [2.75, 3.05) is 20.3 Å². The third-order valence-corrected chi connectivity index (χ3v) is 3.50. The molecule has 0 aliphatic rings. The molecule has 0 aliphatic carbocycles. The number of ether oxygens (including phenoxy) is 2. The fourth-order valence-corrected chi connectivity index (χ4v) is 2.35. The smallest absolute Gasteiger partial charge is 0.255 e. The van der Waals surface area contributed by atoms with Gasteiger partial charge in [0.2, 0.25) is 5.76 Å². The summed E-state index contributed by atoms with van der Waals surface area (Å²) in [6, 6.07) is 10.5. The summed E-state index contributed by atoms with van der Waals surface area (Å²) in [4.78, 5) is 12.5. The molecule has 0 aliphatic heterocycles. The lowest BCUT2D eigenvalue weighted by Gasteiger charge is -2.18. The highest BCUT2D eigenvalue weighted by Gasteiger charge is 2.20. The molecule has 1 amide bonds. The Hall–Kier alpha value is -2.78. The Labute approximate surface area is 141 Å². The molecule has 2 rings (SSSR count). The Balaban J connectivity index is 2.16. The van der Waals surface area contributed by atoms with Gasteiger partial charge in [-0.25, -0.2) is 0 Å². The van der Waals surface area contributed by atoms with E-state index in [1.54, 1.807) is 14.0 Å². The molecule has 1 aromatic carbocycles. The Morgan fingerprint density at radius 2 is 2.08 bits per heavy atom. The first-order valence-corrected chi connectivity index (χ1v) is 7.62. The monoisotopic (exact) mass is 328 g/mol. The zero-order valence-corrected chi connectivity index (χ0v) is 14.0. The lowest BCUT2D eigenvalue weighted by Crippen LogP contribution is -2.31. The summed E-state index contributed by atoms with van der Waals surface area (Å²) in [5.74, 6) is 0.982. The Morgan fingerprint density at radius 1 is 1.38 bits per heavy atom. The summed E-state index contributed by atoms with van der Waals surface area (Å²) in [5, 5.41) is 11.8. The number of nitrogens with one attached hydrogen (secondary N) is 1. The molecule has 1 N–H and O–H groups in total.